The van der Waals surface area contributed by atoms with E-state index in [9.17, 15) is 4.79 Å². The molecule has 0 aromatic rings. The van der Waals surface area contributed by atoms with Crippen molar-refractivity contribution in [3.63, 3.8) is 0 Å². The lowest BCUT2D eigenvalue weighted by atomic mass is 9.80. The van der Waals surface area contributed by atoms with E-state index in [1.165, 1.54) is 38.5 Å². The SMILES string of the molecule is CCCCCC1CCC(C(=O)OCCCBr)CC1. The molecule has 18 heavy (non-hydrogen) atoms. The van der Waals surface area contributed by atoms with Gasteiger partial charge in [-0.15, -0.1) is 0 Å². The van der Waals surface area contributed by atoms with E-state index in [4.69, 9.17) is 4.74 Å². The van der Waals surface area contributed by atoms with Gasteiger partial charge in [0.15, 0.2) is 0 Å². The van der Waals surface area contributed by atoms with Crippen molar-refractivity contribution in [3.05, 3.63) is 0 Å². The Hall–Kier alpha value is -0.0500. The van der Waals surface area contributed by atoms with E-state index in [-0.39, 0.29) is 11.9 Å². The maximum absolute atomic E-state index is 11.8. The average molecular weight is 319 g/mol. The van der Waals surface area contributed by atoms with E-state index in [0.717, 1.165) is 30.5 Å². The summed E-state index contributed by atoms with van der Waals surface area (Å²) < 4.78 is 5.29. The van der Waals surface area contributed by atoms with Crippen molar-refractivity contribution in [1.82, 2.24) is 0 Å². The van der Waals surface area contributed by atoms with Crippen LogP contribution in [0.15, 0.2) is 0 Å². The molecule has 0 aromatic heterocycles. The Kier molecular flexibility index (Phi) is 8.74. The molecule has 1 rings (SSSR count). The maximum atomic E-state index is 11.8. The summed E-state index contributed by atoms with van der Waals surface area (Å²) in [6.07, 6.45) is 10.8. The van der Waals surface area contributed by atoms with Gasteiger partial charge in [0.1, 0.15) is 0 Å². The Bertz CT molecular complexity index is 223. The number of esters is 1. The molecule has 0 atom stereocenters. The smallest absolute Gasteiger partial charge is 0.308 e. The van der Waals surface area contributed by atoms with E-state index >= 15 is 0 Å². The summed E-state index contributed by atoms with van der Waals surface area (Å²) in [5.74, 6) is 1.09. The van der Waals surface area contributed by atoms with Crippen LogP contribution in [0.3, 0.4) is 0 Å². The van der Waals surface area contributed by atoms with E-state index in [0.29, 0.717) is 6.61 Å². The Labute approximate surface area is 120 Å². The van der Waals surface area contributed by atoms with Gasteiger partial charge in [-0.05, 0) is 38.0 Å². The summed E-state index contributed by atoms with van der Waals surface area (Å²) in [6.45, 7) is 2.82. The fraction of sp³-hybridized carbons (Fsp3) is 0.933. The zero-order chi connectivity index (χ0) is 13.2. The lowest BCUT2D eigenvalue weighted by molar-refractivity contribution is -0.149. The molecule has 0 spiro atoms. The van der Waals surface area contributed by atoms with Crippen LogP contribution in [0.25, 0.3) is 0 Å². The zero-order valence-electron chi connectivity index (χ0n) is 11.6. The Morgan fingerprint density at radius 3 is 2.50 bits per heavy atom. The molecule has 106 valence electrons. The van der Waals surface area contributed by atoms with E-state index in [1.54, 1.807) is 0 Å². The summed E-state index contributed by atoms with van der Waals surface area (Å²) in [7, 11) is 0. The summed E-state index contributed by atoms with van der Waals surface area (Å²) in [6, 6.07) is 0. The number of ether oxygens (including phenoxy) is 1. The van der Waals surface area contributed by atoms with Crippen molar-refractivity contribution in [3.8, 4) is 0 Å². The first kappa shape index (κ1) is 16.0. The molecule has 0 aromatic carbocycles. The minimum absolute atomic E-state index is 0.0444. The van der Waals surface area contributed by atoms with Gasteiger partial charge in [-0.3, -0.25) is 4.79 Å². The van der Waals surface area contributed by atoms with Crippen molar-refractivity contribution in [2.75, 3.05) is 11.9 Å². The molecule has 0 amide bonds. The van der Waals surface area contributed by atoms with Crippen molar-refractivity contribution >= 4 is 21.9 Å². The van der Waals surface area contributed by atoms with Crippen LogP contribution in [0.5, 0.6) is 0 Å². The number of halogens is 1. The molecule has 1 aliphatic carbocycles. The molecule has 1 aliphatic rings. The number of rotatable bonds is 8. The fourth-order valence-electron chi connectivity index (χ4n) is 2.72. The molecule has 0 saturated heterocycles. The molecule has 0 unspecified atom stereocenters. The first-order chi connectivity index (χ1) is 8.77. The topological polar surface area (TPSA) is 26.3 Å². The van der Waals surface area contributed by atoms with Crippen LogP contribution in [-0.4, -0.2) is 17.9 Å². The monoisotopic (exact) mass is 318 g/mol. The standard InChI is InChI=1S/C15H27BrO2/c1-2-3-4-6-13-7-9-14(10-8-13)15(17)18-12-5-11-16/h13-14H,2-12H2,1H3. The molecule has 2 nitrogen and oxygen atoms in total. The molecule has 1 saturated carbocycles. The van der Waals surface area contributed by atoms with Crippen LogP contribution in [0.2, 0.25) is 0 Å². The number of carbonyl (C=O) groups is 1. The summed E-state index contributed by atoms with van der Waals surface area (Å²) in [5.41, 5.74) is 0. The third-order valence-electron chi connectivity index (χ3n) is 3.92. The first-order valence-corrected chi connectivity index (χ1v) is 8.62. The molecular formula is C15H27BrO2. The van der Waals surface area contributed by atoms with E-state index in [1.807, 2.05) is 0 Å². The van der Waals surface area contributed by atoms with Crippen molar-refractivity contribution in [2.45, 2.75) is 64.7 Å². The summed E-state index contributed by atoms with van der Waals surface area (Å²) in [4.78, 5) is 11.8. The average Bonchev–Trinajstić information content (AvgIpc) is 2.40. The lowest BCUT2D eigenvalue weighted by Crippen LogP contribution is -2.24. The van der Waals surface area contributed by atoms with Crippen LogP contribution in [0.1, 0.15) is 64.7 Å². The Morgan fingerprint density at radius 2 is 1.89 bits per heavy atom. The highest BCUT2D eigenvalue weighted by molar-refractivity contribution is 9.09. The van der Waals surface area contributed by atoms with Gasteiger partial charge in [-0.2, -0.15) is 0 Å². The minimum Gasteiger partial charge on any atom is -0.465 e. The zero-order valence-corrected chi connectivity index (χ0v) is 13.2. The number of carbonyl (C=O) groups excluding carboxylic acids is 1. The quantitative estimate of drug-likeness (QED) is 0.368. The lowest BCUT2D eigenvalue weighted by Gasteiger charge is -2.27. The van der Waals surface area contributed by atoms with Crippen LogP contribution in [0.4, 0.5) is 0 Å². The normalized spacial score (nSPS) is 23.9. The predicted molar refractivity (Wildman–Crippen MR) is 79.0 cm³/mol. The van der Waals surface area contributed by atoms with Gasteiger partial charge in [0.05, 0.1) is 12.5 Å². The molecule has 0 bridgehead atoms. The predicted octanol–water partition coefficient (Wildman–Crippen LogP) is 4.70. The third kappa shape index (κ3) is 6.21. The molecule has 3 heteroatoms. The number of unbranched alkanes of at least 4 members (excludes halogenated alkanes) is 2. The van der Waals surface area contributed by atoms with Gasteiger partial charge in [0.25, 0.3) is 0 Å². The van der Waals surface area contributed by atoms with Gasteiger partial charge in [-0.25, -0.2) is 0 Å². The van der Waals surface area contributed by atoms with Gasteiger partial charge >= 0.3 is 5.97 Å². The highest BCUT2D eigenvalue weighted by Crippen LogP contribution is 2.32. The fourth-order valence-corrected chi connectivity index (χ4v) is 2.94. The van der Waals surface area contributed by atoms with Crippen LogP contribution in [0, 0.1) is 11.8 Å². The molecule has 0 heterocycles. The molecular weight excluding hydrogens is 292 g/mol. The molecule has 0 radical (unpaired) electrons. The van der Waals surface area contributed by atoms with Gasteiger partial charge in [-0.1, -0.05) is 48.5 Å². The van der Waals surface area contributed by atoms with Crippen LogP contribution < -0.4 is 0 Å². The largest absolute Gasteiger partial charge is 0.465 e. The van der Waals surface area contributed by atoms with Crippen LogP contribution in [-0.2, 0) is 9.53 Å². The third-order valence-corrected chi connectivity index (χ3v) is 4.48. The second kappa shape index (κ2) is 9.82. The number of alkyl halides is 1. The number of hydrogen-bond donors (Lipinski definition) is 0. The van der Waals surface area contributed by atoms with E-state index < -0.39 is 0 Å². The molecule has 0 N–H and O–H groups in total. The Balaban J connectivity index is 2.12. The number of hydrogen-bond acceptors (Lipinski definition) is 2. The second-order valence-corrected chi connectivity index (χ2v) is 6.22. The van der Waals surface area contributed by atoms with Crippen molar-refractivity contribution in [1.29, 1.82) is 0 Å². The van der Waals surface area contributed by atoms with Gasteiger partial charge in [0.2, 0.25) is 0 Å². The summed E-state index contributed by atoms with van der Waals surface area (Å²) >= 11 is 3.34. The first-order valence-electron chi connectivity index (χ1n) is 7.50. The highest BCUT2D eigenvalue weighted by Gasteiger charge is 2.26. The van der Waals surface area contributed by atoms with Crippen LogP contribution >= 0.6 is 15.9 Å². The van der Waals surface area contributed by atoms with E-state index in [2.05, 4.69) is 22.9 Å². The Morgan fingerprint density at radius 1 is 1.17 bits per heavy atom. The van der Waals surface area contributed by atoms with Crippen molar-refractivity contribution < 1.29 is 9.53 Å². The summed E-state index contributed by atoms with van der Waals surface area (Å²) in [5, 5.41) is 0.907. The highest BCUT2D eigenvalue weighted by atomic mass is 79.9. The van der Waals surface area contributed by atoms with Crippen molar-refractivity contribution in [2.24, 2.45) is 11.8 Å². The molecule has 1 fully saturated rings. The molecule has 0 aliphatic heterocycles. The van der Waals surface area contributed by atoms with Gasteiger partial charge in [0, 0.05) is 5.33 Å². The minimum atomic E-state index is 0.0444. The maximum Gasteiger partial charge on any atom is 0.308 e. The second-order valence-electron chi connectivity index (χ2n) is 5.42. The van der Waals surface area contributed by atoms with Gasteiger partial charge < -0.3 is 4.74 Å².